The largest absolute Gasteiger partial charge is 1.00 e. The second kappa shape index (κ2) is 23.9. The molecule has 0 unspecified atom stereocenters. The Bertz CT molecular complexity index is 460. The molecule has 0 fully saturated rings. The van der Waals surface area contributed by atoms with Gasteiger partial charge in [0, 0.05) is 7.26 Å². The minimum Gasteiger partial charge on any atom is -1.00 e. The van der Waals surface area contributed by atoms with Crippen molar-refractivity contribution < 1.29 is 17.0 Å². The molecule has 0 atom stereocenters. The Morgan fingerprint density at radius 3 is 1.15 bits per heavy atom. The van der Waals surface area contributed by atoms with Gasteiger partial charge in [0.1, 0.15) is 0 Å². The third-order valence-corrected chi connectivity index (χ3v) is 12.1. The molecule has 0 saturated heterocycles. The Hall–Kier alpha value is 0.130. The lowest BCUT2D eigenvalue weighted by atomic mass is 10.1. The van der Waals surface area contributed by atoms with Crippen LogP contribution in [0.25, 0.3) is 0 Å². The number of benzene rings is 1. The van der Waals surface area contributed by atoms with Gasteiger partial charge < -0.3 is 17.0 Å². The predicted octanol–water partition coefficient (Wildman–Crippen LogP) is 8.29. The van der Waals surface area contributed by atoms with Gasteiger partial charge in [-0.3, -0.25) is 0 Å². The Kier molecular flexibility index (Phi) is 23.9. The fraction of sp³-hybridized carbons (Fsp3) is 0.806. The average molecular weight is 542 g/mol. The third kappa shape index (κ3) is 18.1. The van der Waals surface area contributed by atoms with Crippen molar-refractivity contribution in [2.45, 2.75) is 143 Å². The van der Waals surface area contributed by atoms with E-state index in [0.29, 0.717) is 0 Å². The van der Waals surface area contributed by atoms with Crippen molar-refractivity contribution in [3.63, 3.8) is 0 Å². The Morgan fingerprint density at radius 1 is 0.455 bits per heavy atom. The lowest BCUT2D eigenvalue weighted by molar-refractivity contribution is -0.00000717. The van der Waals surface area contributed by atoms with E-state index in [1.54, 1.807) is 24.0 Å². The summed E-state index contributed by atoms with van der Waals surface area (Å²) in [5, 5.41) is 0. The highest BCUT2D eigenvalue weighted by atomic mass is 79.9. The molecule has 0 aliphatic heterocycles. The Morgan fingerprint density at radius 2 is 0.788 bits per heavy atom. The minimum absolute atomic E-state index is 0. The van der Waals surface area contributed by atoms with Gasteiger partial charge >= 0.3 is 0 Å². The monoisotopic (exact) mass is 540 g/mol. The zero-order valence-electron chi connectivity index (χ0n) is 22.8. The van der Waals surface area contributed by atoms with E-state index in [9.17, 15) is 0 Å². The molecular formula is C31H58BrP. The minimum atomic E-state index is -0.885. The molecule has 0 nitrogen and oxygen atoms in total. The van der Waals surface area contributed by atoms with Crippen LogP contribution in [0.5, 0.6) is 0 Å². The highest BCUT2D eigenvalue weighted by molar-refractivity contribution is 7.75. The van der Waals surface area contributed by atoms with E-state index >= 15 is 0 Å². The summed E-state index contributed by atoms with van der Waals surface area (Å²) in [4.78, 5) is 0. The van der Waals surface area contributed by atoms with Crippen LogP contribution in [0.4, 0.5) is 0 Å². The number of unbranched alkanes of at least 4 members (excludes halogenated alkanes) is 15. The molecule has 0 saturated carbocycles. The first-order valence-electron chi connectivity index (χ1n) is 14.7. The van der Waals surface area contributed by atoms with E-state index in [4.69, 9.17) is 0 Å². The second-order valence-electron chi connectivity index (χ2n) is 10.5. The molecule has 33 heavy (non-hydrogen) atoms. The molecule has 0 aromatic heterocycles. The van der Waals surface area contributed by atoms with Gasteiger partial charge in [0.05, 0.1) is 24.6 Å². The van der Waals surface area contributed by atoms with Crippen LogP contribution in [-0.4, -0.2) is 18.5 Å². The van der Waals surface area contributed by atoms with E-state index in [-0.39, 0.29) is 17.0 Å². The predicted molar refractivity (Wildman–Crippen MR) is 152 cm³/mol. The number of rotatable bonds is 23. The van der Waals surface area contributed by atoms with Crippen molar-refractivity contribution in [2.24, 2.45) is 0 Å². The molecule has 0 amide bonds. The summed E-state index contributed by atoms with van der Waals surface area (Å²) < 4.78 is 0. The first kappa shape index (κ1) is 33.1. The van der Waals surface area contributed by atoms with Gasteiger partial charge in [-0.15, -0.1) is 0 Å². The van der Waals surface area contributed by atoms with Crippen molar-refractivity contribution in [1.82, 2.24) is 0 Å². The van der Waals surface area contributed by atoms with Crippen LogP contribution in [0.1, 0.15) is 142 Å². The van der Waals surface area contributed by atoms with Crippen molar-refractivity contribution >= 4 is 7.26 Å². The van der Waals surface area contributed by atoms with Crippen LogP contribution < -0.4 is 17.0 Å². The molecule has 0 N–H and O–H groups in total. The summed E-state index contributed by atoms with van der Waals surface area (Å²) >= 11 is 0. The van der Waals surface area contributed by atoms with Crippen molar-refractivity contribution in [3.8, 4) is 0 Å². The van der Waals surface area contributed by atoms with E-state index in [1.165, 1.54) is 122 Å². The summed E-state index contributed by atoms with van der Waals surface area (Å²) in [5.41, 5.74) is 1.63. The van der Waals surface area contributed by atoms with Crippen molar-refractivity contribution in [2.75, 3.05) is 18.5 Å². The van der Waals surface area contributed by atoms with Gasteiger partial charge in [-0.1, -0.05) is 128 Å². The molecule has 0 radical (unpaired) electrons. The maximum absolute atomic E-state index is 2.42. The Balaban J connectivity index is 0.0000102. The molecule has 1 aromatic carbocycles. The topological polar surface area (TPSA) is 0 Å². The van der Waals surface area contributed by atoms with Crippen LogP contribution in [0, 0.1) is 0 Å². The standard InChI is InChI=1S/C31H58P.BrH/c1-4-7-10-13-16-22-27-32(28-23-17-14-11-8-5-2,29-24-18-15-12-9-6-3)30-31-25-20-19-21-26-31;/h19-21,25-26H,4-18,22-24,27-30H2,1-3H3;1H/q+1;/p-1. The summed E-state index contributed by atoms with van der Waals surface area (Å²) in [6.45, 7) is 6.99. The molecule has 194 valence electrons. The maximum Gasteiger partial charge on any atom is 0.0842 e. The lowest BCUT2D eigenvalue weighted by Gasteiger charge is -2.28. The maximum atomic E-state index is 2.42. The smallest absolute Gasteiger partial charge is 0.0842 e. The highest BCUT2D eigenvalue weighted by Gasteiger charge is 2.35. The van der Waals surface area contributed by atoms with E-state index in [2.05, 4.69) is 51.1 Å². The fourth-order valence-electron chi connectivity index (χ4n) is 5.23. The van der Waals surface area contributed by atoms with E-state index in [1.807, 2.05) is 0 Å². The van der Waals surface area contributed by atoms with Crippen molar-refractivity contribution in [1.29, 1.82) is 0 Å². The summed E-state index contributed by atoms with van der Waals surface area (Å²) in [7, 11) is -0.885. The summed E-state index contributed by atoms with van der Waals surface area (Å²) in [5.74, 6) is 0. The highest BCUT2D eigenvalue weighted by Crippen LogP contribution is 2.63. The third-order valence-electron chi connectivity index (χ3n) is 7.32. The van der Waals surface area contributed by atoms with Crippen LogP contribution in [0.15, 0.2) is 30.3 Å². The SMILES string of the molecule is CCCCCCCC[P+](CCCCCCCC)(CCCCCCCC)Cc1ccccc1.[Br-]. The quantitative estimate of drug-likeness (QED) is 0.0966. The second-order valence-corrected chi connectivity index (χ2v) is 14.8. The molecule has 0 bridgehead atoms. The summed E-state index contributed by atoms with van der Waals surface area (Å²) in [6.07, 6.45) is 32.2. The fourth-order valence-corrected chi connectivity index (χ4v) is 10.0. The molecule has 0 heterocycles. The van der Waals surface area contributed by atoms with Crippen LogP contribution in [0.2, 0.25) is 0 Å². The normalized spacial score (nSPS) is 11.5. The summed E-state index contributed by atoms with van der Waals surface area (Å²) in [6, 6.07) is 11.6. The molecule has 0 spiro atoms. The van der Waals surface area contributed by atoms with E-state index in [0.717, 1.165) is 0 Å². The van der Waals surface area contributed by atoms with Gasteiger partial charge in [-0.2, -0.15) is 0 Å². The number of halogens is 1. The molecule has 1 aromatic rings. The zero-order chi connectivity index (χ0) is 23.2. The van der Waals surface area contributed by atoms with E-state index < -0.39 is 7.26 Å². The van der Waals surface area contributed by atoms with Gasteiger partial charge in [-0.25, -0.2) is 0 Å². The molecule has 1 rings (SSSR count). The van der Waals surface area contributed by atoms with Crippen molar-refractivity contribution in [3.05, 3.63) is 35.9 Å². The average Bonchev–Trinajstić information content (AvgIpc) is 2.81. The number of hydrogen-bond acceptors (Lipinski definition) is 0. The van der Waals surface area contributed by atoms with Gasteiger partial charge in [0.2, 0.25) is 0 Å². The Labute approximate surface area is 220 Å². The lowest BCUT2D eigenvalue weighted by Crippen LogP contribution is -3.00. The van der Waals surface area contributed by atoms with Gasteiger partial charge in [0.15, 0.2) is 0 Å². The molecule has 2 heteroatoms. The first-order valence-corrected chi connectivity index (χ1v) is 17.2. The molecule has 0 aliphatic rings. The zero-order valence-corrected chi connectivity index (χ0v) is 25.2. The van der Waals surface area contributed by atoms with Crippen LogP contribution in [-0.2, 0) is 6.16 Å². The first-order chi connectivity index (χ1) is 15.8. The van der Waals surface area contributed by atoms with Crippen LogP contribution >= 0.6 is 7.26 Å². The molecule has 0 aliphatic carbocycles. The molecular weight excluding hydrogens is 483 g/mol. The van der Waals surface area contributed by atoms with Gasteiger partial charge in [-0.05, 0) is 44.1 Å². The van der Waals surface area contributed by atoms with Gasteiger partial charge in [0.25, 0.3) is 0 Å². The van der Waals surface area contributed by atoms with Crippen LogP contribution in [0.3, 0.4) is 0 Å². The number of hydrogen-bond donors (Lipinski definition) is 0.